The standard InChI is InChI=1S/C21H21N3/c1-15-12-19(16-8-4-2-5-9-16)23-21-20(15)17(13-22)14-24(21)18-10-6-3-7-11-18/h2,4-5,8-9,12,14,18H,3,6-7,10-11H2,1H3. The van der Waals surface area contributed by atoms with E-state index in [2.05, 4.69) is 35.8 Å². The molecular weight excluding hydrogens is 294 g/mol. The lowest BCUT2D eigenvalue weighted by Crippen LogP contribution is -2.12. The summed E-state index contributed by atoms with van der Waals surface area (Å²) in [4.78, 5) is 4.96. The van der Waals surface area contributed by atoms with Crippen molar-refractivity contribution in [3.8, 4) is 17.3 Å². The Balaban J connectivity index is 1.93. The second-order valence-electron chi connectivity index (χ2n) is 6.74. The summed E-state index contributed by atoms with van der Waals surface area (Å²) in [7, 11) is 0. The number of benzene rings is 1. The van der Waals surface area contributed by atoms with Crippen molar-refractivity contribution < 1.29 is 0 Å². The third kappa shape index (κ3) is 2.49. The lowest BCUT2D eigenvalue weighted by Gasteiger charge is -2.24. The molecule has 0 N–H and O–H groups in total. The van der Waals surface area contributed by atoms with Gasteiger partial charge in [-0.1, -0.05) is 49.6 Å². The van der Waals surface area contributed by atoms with Gasteiger partial charge < -0.3 is 4.57 Å². The molecule has 0 radical (unpaired) electrons. The van der Waals surface area contributed by atoms with Crippen molar-refractivity contribution in [1.82, 2.24) is 9.55 Å². The quantitative estimate of drug-likeness (QED) is 0.636. The van der Waals surface area contributed by atoms with Gasteiger partial charge in [-0.2, -0.15) is 5.26 Å². The summed E-state index contributed by atoms with van der Waals surface area (Å²) in [6.45, 7) is 2.09. The molecule has 3 nitrogen and oxygen atoms in total. The minimum atomic E-state index is 0.473. The van der Waals surface area contributed by atoms with E-state index in [1.54, 1.807) is 0 Å². The number of fused-ring (bicyclic) bond motifs is 1. The Bertz CT molecular complexity index is 910. The summed E-state index contributed by atoms with van der Waals surface area (Å²) >= 11 is 0. The maximum atomic E-state index is 9.57. The second kappa shape index (κ2) is 6.13. The molecule has 2 heterocycles. The molecule has 1 fully saturated rings. The highest BCUT2D eigenvalue weighted by atomic mass is 15.1. The van der Waals surface area contributed by atoms with Gasteiger partial charge in [-0.15, -0.1) is 0 Å². The van der Waals surface area contributed by atoms with E-state index in [9.17, 15) is 5.26 Å². The predicted octanol–water partition coefficient (Wildman–Crippen LogP) is 5.39. The third-order valence-corrected chi connectivity index (χ3v) is 5.14. The van der Waals surface area contributed by atoms with Crippen LogP contribution in [0.2, 0.25) is 0 Å². The molecule has 0 amide bonds. The zero-order chi connectivity index (χ0) is 16.5. The summed E-state index contributed by atoms with van der Waals surface area (Å²) in [5.41, 5.74) is 4.96. The molecule has 0 saturated heterocycles. The van der Waals surface area contributed by atoms with Crippen LogP contribution in [0.3, 0.4) is 0 Å². The monoisotopic (exact) mass is 315 g/mol. The molecule has 4 rings (SSSR count). The van der Waals surface area contributed by atoms with Crippen LogP contribution in [0, 0.1) is 18.3 Å². The van der Waals surface area contributed by atoms with Crippen molar-refractivity contribution in [3.63, 3.8) is 0 Å². The topological polar surface area (TPSA) is 41.6 Å². The second-order valence-corrected chi connectivity index (χ2v) is 6.74. The van der Waals surface area contributed by atoms with Crippen LogP contribution in [0.15, 0.2) is 42.6 Å². The predicted molar refractivity (Wildman–Crippen MR) is 96.7 cm³/mol. The van der Waals surface area contributed by atoms with Gasteiger partial charge in [0.1, 0.15) is 11.7 Å². The van der Waals surface area contributed by atoms with E-state index in [0.29, 0.717) is 6.04 Å². The Labute approximate surface area is 142 Å². The average Bonchev–Trinajstić information content (AvgIpc) is 3.02. The molecule has 3 aromatic rings. The molecule has 24 heavy (non-hydrogen) atoms. The van der Waals surface area contributed by atoms with Crippen LogP contribution in [0.4, 0.5) is 0 Å². The molecule has 1 aliphatic rings. The van der Waals surface area contributed by atoms with Crippen LogP contribution in [-0.4, -0.2) is 9.55 Å². The van der Waals surface area contributed by atoms with E-state index < -0.39 is 0 Å². The molecule has 1 aromatic carbocycles. The molecule has 1 aliphatic carbocycles. The molecule has 120 valence electrons. The number of aryl methyl sites for hydroxylation is 1. The number of pyridine rings is 1. The summed E-state index contributed by atoms with van der Waals surface area (Å²) in [6.07, 6.45) is 8.25. The molecule has 0 unspecified atom stereocenters. The average molecular weight is 315 g/mol. The van der Waals surface area contributed by atoms with Crippen molar-refractivity contribution in [3.05, 3.63) is 53.7 Å². The zero-order valence-corrected chi connectivity index (χ0v) is 14.0. The summed E-state index contributed by atoms with van der Waals surface area (Å²) in [5, 5.41) is 10.6. The van der Waals surface area contributed by atoms with Crippen LogP contribution in [0.25, 0.3) is 22.3 Å². The van der Waals surface area contributed by atoms with Crippen LogP contribution in [0.1, 0.15) is 49.3 Å². The largest absolute Gasteiger partial charge is 0.328 e. The van der Waals surface area contributed by atoms with Gasteiger partial charge in [-0.05, 0) is 31.4 Å². The normalized spacial score (nSPS) is 15.5. The van der Waals surface area contributed by atoms with Gasteiger partial charge in [0, 0.05) is 23.2 Å². The highest BCUT2D eigenvalue weighted by molar-refractivity contribution is 5.89. The van der Waals surface area contributed by atoms with Crippen LogP contribution in [0.5, 0.6) is 0 Å². The Morgan fingerprint density at radius 3 is 2.58 bits per heavy atom. The summed E-state index contributed by atoms with van der Waals surface area (Å²) in [6, 6.07) is 15.2. The fraction of sp³-hybridized carbons (Fsp3) is 0.333. The van der Waals surface area contributed by atoms with Crippen molar-refractivity contribution in [2.24, 2.45) is 0 Å². The smallest absolute Gasteiger partial charge is 0.142 e. The van der Waals surface area contributed by atoms with Gasteiger partial charge in [0.05, 0.1) is 11.3 Å². The van der Waals surface area contributed by atoms with E-state index in [1.165, 1.54) is 32.1 Å². The Morgan fingerprint density at radius 1 is 1.12 bits per heavy atom. The van der Waals surface area contributed by atoms with Gasteiger partial charge in [-0.25, -0.2) is 4.98 Å². The fourth-order valence-corrected chi connectivity index (χ4v) is 3.92. The number of hydrogen-bond acceptors (Lipinski definition) is 2. The Kier molecular flexibility index (Phi) is 3.82. The summed E-state index contributed by atoms with van der Waals surface area (Å²) in [5.74, 6) is 0. The third-order valence-electron chi connectivity index (χ3n) is 5.14. The minimum Gasteiger partial charge on any atom is -0.328 e. The highest BCUT2D eigenvalue weighted by Gasteiger charge is 2.21. The van der Waals surface area contributed by atoms with Crippen molar-refractivity contribution in [1.29, 1.82) is 5.26 Å². The molecule has 3 heteroatoms. The van der Waals surface area contributed by atoms with E-state index >= 15 is 0 Å². The first-order valence-corrected chi connectivity index (χ1v) is 8.75. The SMILES string of the molecule is Cc1cc(-c2ccccc2)nc2c1c(C#N)cn2C1CCCCC1. The molecule has 0 bridgehead atoms. The molecule has 1 saturated carbocycles. The van der Waals surface area contributed by atoms with Gasteiger partial charge in [0.25, 0.3) is 0 Å². The first-order chi connectivity index (χ1) is 11.8. The van der Waals surface area contributed by atoms with Crippen molar-refractivity contribution >= 4 is 11.0 Å². The molecule has 0 spiro atoms. The maximum Gasteiger partial charge on any atom is 0.142 e. The molecule has 0 atom stereocenters. The van der Waals surface area contributed by atoms with Gasteiger partial charge in [0.2, 0.25) is 0 Å². The molecule has 0 aliphatic heterocycles. The van der Waals surface area contributed by atoms with E-state index in [1.807, 2.05) is 24.4 Å². The zero-order valence-electron chi connectivity index (χ0n) is 14.0. The van der Waals surface area contributed by atoms with Crippen LogP contribution in [-0.2, 0) is 0 Å². The van der Waals surface area contributed by atoms with Gasteiger partial charge in [-0.3, -0.25) is 0 Å². The fourth-order valence-electron chi connectivity index (χ4n) is 3.92. The Hall–Kier alpha value is -2.60. The lowest BCUT2D eigenvalue weighted by molar-refractivity contribution is 0.359. The van der Waals surface area contributed by atoms with E-state index in [0.717, 1.165) is 33.4 Å². The summed E-state index contributed by atoms with van der Waals surface area (Å²) < 4.78 is 2.27. The Morgan fingerprint density at radius 2 is 1.88 bits per heavy atom. The van der Waals surface area contributed by atoms with Crippen LogP contribution >= 0.6 is 0 Å². The van der Waals surface area contributed by atoms with Crippen molar-refractivity contribution in [2.45, 2.75) is 45.1 Å². The number of nitrogens with zero attached hydrogens (tertiary/aromatic N) is 3. The first kappa shape index (κ1) is 15.0. The minimum absolute atomic E-state index is 0.473. The first-order valence-electron chi connectivity index (χ1n) is 8.75. The number of rotatable bonds is 2. The number of nitriles is 1. The maximum absolute atomic E-state index is 9.57. The van der Waals surface area contributed by atoms with E-state index in [4.69, 9.17) is 4.98 Å². The highest BCUT2D eigenvalue weighted by Crippen LogP contribution is 2.34. The van der Waals surface area contributed by atoms with Crippen LogP contribution < -0.4 is 0 Å². The van der Waals surface area contributed by atoms with E-state index in [-0.39, 0.29) is 0 Å². The number of hydrogen-bond donors (Lipinski definition) is 0. The van der Waals surface area contributed by atoms with Crippen molar-refractivity contribution in [2.75, 3.05) is 0 Å². The number of aromatic nitrogens is 2. The molecular formula is C21H21N3. The van der Waals surface area contributed by atoms with Gasteiger partial charge >= 0.3 is 0 Å². The lowest BCUT2D eigenvalue weighted by atomic mass is 9.95. The van der Waals surface area contributed by atoms with Gasteiger partial charge in [0.15, 0.2) is 0 Å². The molecule has 2 aromatic heterocycles.